The molecule has 2 aliphatic rings. The van der Waals surface area contributed by atoms with Gasteiger partial charge in [-0.05, 0) is 54.8 Å². The molecule has 0 radical (unpaired) electrons. The highest BCUT2D eigenvalue weighted by molar-refractivity contribution is 6.35. The van der Waals surface area contributed by atoms with Crippen LogP contribution in [0.1, 0.15) is 18.7 Å². The third kappa shape index (κ3) is 3.61. The van der Waals surface area contributed by atoms with E-state index in [2.05, 4.69) is 25.8 Å². The number of aromatic nitrogens is 2. The summed E-state index contributed by atoms with van der Waals surface area (Å²) in [6.45, 7) is 3.70. The fourth-order valence-corrected chi connectivity index (χ4v) is 4.65. The lowest BCUT2D eigenvalue weighted by molar-refractivity contribution is 0.214. The molecular weight excluding hydrogens is 403 g/mol. The van der Waals surface area contributed by atoms with Crippen molar-refractivity contribution >= 4 is 33.8 Å². The van der Waals surface area contributed by atoms with Gasteiger partial charge in [-0.1, -0.05) is 23.7 Å². The summed E-state index contributed by atoms with van der Waals surface area (Å²) in [5, 5.41) is 1.00. The summed E-state index contributed by atoms with van der Waals surface area (Å²) in [6.07, 6.45) is 4.12. The van der Waals surface area contributed by atoms with Gasteiger partial charge in [-0.25, -0.2) is 9.37 Å². The predicted octanol–water partition coefficient (Wildman–Crippen LogP) is 4.08. The molecule has 1 saturated heterocycles. The molecule has 154 valence electrons. The second-order valence-corrected chi connectivity index (χ2v) is 8.26. The number of piperazine rings is 1. The van der Waals surface area contributed by atoms with Crippen LogP contribution in [0.4, 0.5) is 10.1 Å². The number of hydrogen-bond donors (Lipinski definition) is 1. The largest absolute Gasteiger partial charge is 0.369 e. The Morgan fingerprint density at radius 1 is 1.07 bits per heavy atom. The molecule has 1 fully saturated rings. The van der Waals surface area contributed by atoms with E-state index in [4.69, 9.17) is 11.6 Å². The molecule has 1 aliphatic heterocycles. The van der Waals surface area contributed by atoms with E-state index in [0.717, 1.165) is 50.3 Å². The fourth-order valence-electron chi connectivity index (χ4n) is 4.43. The third-order valence-corrected chi connectivity index (χ3v) is 6.37. The second-order valence-electron chi connectivity index (χ2n) is 7.85. The molecule has 2 heterocycles. The predicted molar refractivity (Wildman–Crippen MR) is 119 cm³/mol. The molecule has 0 bridgehead atoms. The van der Waals surface area contributed by atoms with Crippen LogP contribution >= 0.6 is 11.6 Å². The van der Waals surface area contributed by atoms with Gasteiger partial charge < -0.3 is 9.88 Å². The average molecular weight is 425 g/mol. The van der Waals surface area contributed by atoms with Crippen LogP contribution in [-0.4, -0.2) is 47.1 Å². The van der Waals surface area contributed by atoms with Gasteiger partial charge in [0.1, 0.15) is 11.6 Å². The van der Waals surface area contributed by atoms with Crippen LogP contribution in [0.15, 0.2) is 53.3 Å². The number of hydrogen-bond acceptors (Lipinski definition) is 4. The van der Waals surface area contributed by atoms with E-state index in [9.17, 15) is 9.18 Å². The lowest BCUT2D eigenvalue weighted by atomic mass is 10.1. The Labute approximate surface area is 178 Å². The Balaban J connectivity index is 1.31. The van der Waals surface area contributed by atoms with Crippen molar-refractivity contribution in [2.75, 3.05) is 31.1 Å². The van der Waals surface area contributed by atoms with Crippen molar-refractivity contribution in [2.45, 2.75) is 18.9 Å². The van der Waals surface area contributed by atoms with Gasteiger partial charge in [0, 0.05) is 37.9 Å². The van der Waals surface area contributed by atoms with Gasteiger partial charge in [0.25, 0.3) is 5.56 Å². The Kier molecular flexibility index (Phi) is 5.05. The first kappa shape index (κ1) is 19.3. The number of rotatable bonds is 3. The lowest BCUT2D eigenvalue weighted by Gasteiger charge is -2.38. The van der Waals surface area contributed by atoms with Crippen molar-refractivity contribution in [3.8, 4) is 0 Å². The van der Waals surface area contributed by atoms with E-state index in [1.165, 1.54) is 12.1 Å². The molecule has 0 spiro atoms. The molecule has 1 atom stereocenters. The SMILES string of the molecule is O=c1[nH]c(C2=CC(N3CCN(c4ccc(F)cc4)CC3)CC2)nc2c(Cl)cccc12. The van der Waals surface area contributed by atoms with Gasteiger partial charge in [-0.3, -0.25) is 9.69 Å². The Morgan fingerprint density at radius 2 is 1.83 bits per heavy atom. The third-order valence-electron chi connectivity index (χ3n) is 6.07. The normalized spacial score (nSPS) is 20.0. The minimum Gasteiger partial charge on any atom is -0.369 e. The van der Waals surface area contributed by atoms with Crippen molar-refractivity contribution in [3.05, 3.63) is 75.6 Å². The lowest BCUT2D eigenvalue weighted by Crippen LogP contribution is -2.49. The number of anilines is 1. The van der Waals surface area contributed by atoms with Gasteiger partial charge in [-0.2, -0.15) is 0 Å². The summed E-state index contributed by atoms with van der Waals surface area (Å²) in [7, 11) is 0. The quantitative estimate of drug-likeness (QED) is 0.688. The molecule has 5 nitrogen and oxygen atoms in total. The summed E-state index contributed by atoms with van der Waals surface area (Å²) in [5.74, 6) is 0.413. The van der Waals surface area contributed by atoms with Crippen LogP contribution in [0.3, 0.4) is 0 Å². The standard InChI is InChI=1S/C23H22ClFN4O/c24-20-3-1-2-19-21(20)26-22(27-23(19)30)15-4-7-18(14-15)29-12-10-28(11-13-29)17-8-5-16(25)6-9-17/h1-3,5-6,8-9,14,18H,4,7,10-13H2,(H,26,27,30). The molecule has 1 aromatic heterocycles. The highest BCUT2D eigenvalue weighted by atomic mass is 35.5. The van der Waals surface area contributed by atoms with Crippen LogP contribution in [-0.2, 0) is 0 Å². The minimum absolute atomic E-state index is 0.158. The topological polar surface area (TPSA) is 52.2 Å². The maximum Gasteiger partial charge on any atom is 0.259 e. The zero-order valence-corrected chi connectivity index (χ0v) is 17.2. The molecule has 0 saturated carbocycles. The van der Waals surface area contributed by atoms with Gasteiger partial charge in [0.05, 0.1) is 15.9 Å². The smallest absolute Gasteiger partial charge is 0.259 e. The van der Waals surface area contributed by atoms with E-state index in [-0.39, 0.29) is 11.4 Å². The van der Waals surface area contributed by atoms with Crippen LogP contribution in [0.5, 0.6) is 0 Å². The van der Waals surface area contributed by atoms with Crippen LogP contribution < -0.4 is 10.5 Å². The van der Waals surface area contributed by atoms with Crippen molar-refractivity contribution in [1.29, 1.82) is 0 Å². The maximum atomic E-state index is 13.2. The zero-order valence-electron chi connectivity index (χ0n) is 16.4. The summed E-state index contributed by atoms with van der Waals surface area (Å²) < 4.78 is 13.2. The molecule has 5 rings (SSSR count). The average Bonchev–Trinajstić information content (AvgIpc) is 3.25. The van der Waals surface area contributed by atoms with Crippen LogP contribution in [0.2, 0.25) is 5.02 Å². The van der Waals surface area contributed by atoms with Crippen molar-refractivity contribution in [1.82, 2.24) is 14.9 Å². The number of nitrogens with zero attached hydrogens (tertiary/aromatic N) is 3. The number of allylic oxidation sites excluding steroid dienone is 1. The highest BCUT2D eigenvalue weighted by Gasteiger charge is 2.27. The van der Waals surface area contributed by atoms with E-state index < -0.39 is 0 Å². The van der Waals surface area contributed by atoms with E-state index in [1.54, 1.807) is 18.2 Å². The van der Waals surface area contributed by atoms with Gasteiger partial charge in [0.15, 0.2) is 0 Å². The fraction of sp³-hybridized carbons (Fsp3) is 0.304. The molecule has 0 amide bonds. The summed E-state index contributed by atoms with van der Waals surface area (Å²) >= 11 is 6.26. The molecule has 1 N–H and O–H groups in total. The number of fused-ring (bicyclic) bond motifs is 1. The zero-order chi connectivity index (χ0) is 20.7. The molecule has 7 heteroatoms. The second kappa shape index (κ2) is 7.85. The first-order valence-electron chi connectivity index (χ1n) is 10.2. The van der Waals surface area contributed by atoms with Gasteiger partial charge in [0.2, 0.25) is 0 Å². The first-order chi connectivity index (χ1) is 14.6. The Morgan fingerprint density at radius 3 is 2.60 bits per heavy atom. The summed E-state index contributed by atoms with van der Waals surface area (Å²) in [4.78, 5) is 24.8. The number of para-hydroxylation sites is 1. The van der Waals surface area contributed by atoms with Gasteiger partial charge >= 0.3 is 0 Å². The monoisotopic (exact) mass is 424 g/mol. The minimum atomic E-state index is -0.206. The van der Waals surface area contributed by atoms with E-state index in [0.29, 0.717) is 27.8 Å². The molecule has 1 unspecified atom stereocenters. The number of halogens is 2. The number of H-pyrrole nitrogens is 1. The van der Waals surface area contributed by atoms with Crippen molar-refractivity contribution in [3.63, 3.8) is 0 Å². The summed E-state index contributed by atoms with van der Waals surface area (Å²) in [5.41, 5.74) is 2.53. The summed E-state index contributed by atoms with van der Waals surface area (Å²) in [6, 6.07) is 12.3. The molecule has 1 aliphatic carbocycles. The molecule has 2 aromatic carbocycles. The van der Waals surface area contributed by atoms with E-state index in [1.807, 2.05) is 12.1 Å². The van der Waals surface area contributed by atoms with Crippen LogP contribution in [0.25, 0.3) is 16.5 Å². The van der Waals surface area contributed by atoms with Crippen LogP contribution in [0, 0.1) is 5.82 Å². The Bertz CT molecular complexity index is 1170. The number of aromatic amines is 1. The molecule has 30 heavy (non-hydrogen) atoms. The van der Waals surface area contributed by atoms with E-state index >= 15 is 0 Å². The number of benzene rings is 2. The molecule has 3 aromatic rings. The number of nitrogens with one attached hydrogen (secondary N) is 1. The Hall–Kier alpha value is -2.70. The van der Waals surface area contributed by atoms with Gasteiger partial charge in [-0.15, -0.1) is 0 Å². The first-order valence-corrected chi connectivity index (χ1v) is 10.6. The van der Waals surface area contributed by atoms with Crippen molar-refractivity contribution in [2.24, 2.45) is 0 Å². The molecular formula is C23H22ClFN4O. The maximum absolute atomic E-state index is 13.2. The van der Waals surface area contributed by atoms with Crippen molar-refractivity contribution < 1.29 is 4.39 Å². The highest BCUT2D eigenvalue weighted by Crippen LogP contribution is 2.30.